The van der Waals surface area contributed by atoms with Crippen molar-refractivity contribution in [2.24, 2.45) is 5.92 Å². The minimum absolute atomic E-state index is 0.133. The first-order valence-electron chi connectivity index (χ1n) is 6.93. The van der Waals surface area contributed by atoms with E-state index in [0.717, 1.165) is 12.0 Å². The van der Waals surface area contributed by atoms with Crippen LogP contribution in [-0.2, 0) is 11.2 Å². The van der Waals surface area contributed by atoms with Gasteiger partial charge in [0.1, 0.15) is 5.60 Å². The molecule has 0 saturated carbocycles. The van der Waals surface area contributed by atoms with Gasteiger partial charge in [0, 0.05) is 12.8 Å². The second kappa shape index (κ2) is 7.72. The quantitative estimate of drug-likeness (QED) is 0.784. The SMILES string of the molecule is CCCC#CC(C)(O)CC(Cc1ccccc1)C(=O)O. The van der Waals surface area contributed by atoms with Crippen LogP contribution in [0.3, 0.4) is 0 Å². The molecule has 2 N–H and O–H groups in total. The number of hydrogen-bond acceptors (Lipinski definition) is 2. The van der Waals surface area contributed by atoms with Crippen LogP contribution in [0.15, 0.2) is 30.3 Å². The maximum absolute atomic E-state index is 11.4. The molecule has 0 radical (unpaired) electrons. The Bertz CT molecular complexity index is 480. The Kier molecular flexibility index (Phi) is 6.27. The van der Waals surface area contributed by atoms with Gasteiger partial charge in [0.15, 0.2) is 0 Å². The van der Waals surface area contributed by atoms with Gasteiger partial charge in [-0.3, -0.25) is 4.79 Å². The van der Waals surface area contributed by atoms with Crippen LogP contribution in [0.4, 0.5) is 0 Å². The summed E-state index contributed by atoms with van der Waals surface area (Å²) in [4.78, 5) is 11.4. The molecule has 2 unspecified atom stereocenters. The number of aliphatic carboxylic acids is 1. The number of unbranched alkanes of at least 4 members (excludes halogenated alkanes) is 1. The largest absolute Gasteiger partial charge is 0.481 e. The lowest BCUT2D eigenvalue weighted by Gasteiger charge is -2.21. The van der Waals surface area contributed by atoms with Crippen molar-refractivity contribution in [3.8, 4) is 11.8 Å². The molecule has 0 bridgehead atoms. The van der Waals surface area contributed by atoms with Crippen molar-refractivity contribution in [1.29, 1.82) is 0 Å². The number of carboxylic acid groups (broad SMARTS) is 1. The molecule has 0 heterocycles. The number of rotatable bonds is 6. The normalized spacial score (nSPS) is 14.8. The average molecular weight is 274 g/mol. The van der Waals surface area contributed by atoms with Gasteiger partial charge in [0.2, 0.25) is 0 Å². The molecule has 1 rings (SSSR count). The number of benzene rings is 1. The van der Waals surface area contributed by atoms with E-state index in [9.17, 15) is 15.0 Å². The summed E-state index contributed by atoms with van der Waals surface area (Å²) in [7, 11) is 0. The average Bonchev–Trinajstić information content (AvgIpc) is 2.39. The summed E-state index contributed by atoms with van der Waals surface area (Å²) >= 11 is 0. The van der Waals surface area contributed by atoms with Crippen molar-refractivity contribution in [3.05, 3.63) is 35.9 Å². The summed E-state index contributed by atoms with van der Waals surface area (Å²) in [6.07, 6.45) is 2.18. The number of hydrogen-bond donors (Lipinski definition) is 2. The first kappa shape index (κ1) is 16.3. The summed E-state index contributed by atoms with van der Waals surface area (Å²) in [6, 6.07) is 9.45. The smallest absolute Gasteiger partial charge is 0.306 e. The topological polar surface area (TPSA) is 57.5 Å². The molecule has 1 aromatic rings. The highest BCUT2D eigenvalue weighted by Crippen LogP contribution is 2.20. The molecular formula is C17H22O3. The van der Waals surface area contributed by atoms with Gasteiger partial charge >= 0.3 is 5.97 Å². The first-order valence-corrected chi connectivity index (χ1v) is 6.93. The van der Waals surface area contributed by atoms with E-state index in [-0.39, 0.29) is 6.42 Å². The molecule has 0 aromatic heterocycles. The minimum atomic E-state index is -1.26. The molecule has 2 atom stereocenters. The van der Waals surface area contributed by atoms with Gasteiger partial charge in [0.05, 0.1) is 5.92 Å². The van der Waals surface area contributed by atoms with Crippen LogP contribution >= 0.6 is 0 Å². The molecule has 0 aliphatic rings. The summed E-state index contributed by atoms with van der Waals surface area (Å²) in [5, 5.41) is 19.5. The van der Waals surface area contributed by atoms with E-state index in [2.05, 4.69) is 11.8 Å². The fraction of sp³-hybridized carbons (Fsp3) is 0.471. The van der Waals surface area contributed by atoms with Crippen LogP contribution in [0.25, 0.3) is 0 Å². The van der Waals surface area contributed by atoms with E-state index in [1.807, 2.05) is 37.3 Å². The van der Waals surface area contributed by atoms with E-state index in [1.165, 1.54) is 0 Å². The third-order valence-corrected chi connectivity index (χ3v) is 3.05. The maximum Gasteiger partial charge on any atom is 0.306 e. The number of carboxylic acids is 1. The second-order valence-electron chi connectivity index (χ2n) is 5.25. The zero-order valence-corrected chi connectivity index (χ0v) is 12.1. The first-order chi connectivity index (χ1) is 9.44. The molecule has 20 heavy (non-hydrogen) atoms. The van der Waals surface area contributed by atoms with Gasteiger partial charge in [-0.05, 0) is 25.3 Å². The standard InChI is InChI=1S/C17H22O3/c1-3-4-8-11-17(2,20)13-15(16(18)19)12-14-9-6-5-7-10-14/h5-7,9-10,15,20H,3-4,12-13H2,1-2H3,(H,18,19). The van der Waals surface area contributed by atoms with Gasteiger partial charge in [-0.15, -0.1) is 5.92 Å². The minimum Gasteiger partial charge on any atom is -0.481 e. The molecule has 0 fully saturated rings. The van der Waals surface area contributed by atoms with E-state index in [1.54, 1.807) is 6.92 Å². The summed E-state index contributed by atoms with van der Waals surface area (Å²) < 4.78 is 0. The van der Waals surface area contributed by atoms with Crippen molar-refractivity contribution >= 4 is 5.97 Å². The fourth-order valence-electron chi connectivity index (χ4n) is 2.05. The van der Waals surface area contributed by atoms with Crippen molar-refractivity contribution in [1.82, 2.24) is 0 Å². The molecule has 0 aliphatic heterocycles. The van der Waals surface area contributed by atoms with Crippen LogP contribution in [0.5, 0.6) is 0 Å². The van der Waals surface area contributed by atoms with Gasteiger partial charge in [-0.2, -0.15) is 0 Å². The zero-order chi connectivity index (χ0) is 15.0. The van der Waals surface area contributed by atoms with Gasteiger partial charge < -0.3 is 10.2 Å². The lowest BCUT2D eigenvalue weighted by Crippen LogP contribution is -2.30. The van der Waals surface area contributed by atoms with E-state index < -0.39 is 17.5 Å². The number of carbonyl (C=O) groups is 1. The molecular weight excluding hydrogens is 252 g/mol. The summed E-state index contributed by atoms with van der Waals surface area (Å²) in [6.45, 7) is 3.59. The van der Waals surface area contributed by atoms with Crippen LogP contribution in [0, 0.1) is 17.8 Å². The van der Waals surface area contributed by atoms with Crippen LogP contribution in [0.2, 0.25) is 0 Å². The summed E-state index contributed by atoms with van der Waals surface area (Å²) in [5.41, 5.74) is -0.301. The molecule has 0 spiro atoms. The van der Waals surface area contributed by atoms with Crippen LogP contribution < -0.4 is 0 Å². The van der Waals surface area contributed by atoms with Crippen molar-refractivity contribution in [2.75, 3.05) is 0 Å². The van der Waals surface area contributed by atoms with Gasteiger partial charge in [-0.1, -0.05) is 43.2 Å². The molecule has 0 saturated heterocycles. The van der Waals surface area contributed by atoms with E-state index in [4.69, 9.17) is 0 Å². The van der Waals surface area contributed by atoms with E-state index >= 15 is 0 Å². The van der Waals surface area contributed by atoms with E-state index in [0.29, 0.717) is 12.8 Å². The lowest BCUT2D eigenvalue weighted by molar-refractivity contribution is -0.143. The van der Waals surface area contributed by atoms with Gasteiger partial charge in [0.25, 0.3) is 0 Å². The summed E-state index contributed by atoms with van der Waals surface area (Å²) in [5.74, 6) is 4.13. The predicted molar refractivity (Wildman–Crippen MR) is 79.2 cm³/mol. The molecule has 1 aromatic carbocycles. The Morgan fingerprint density at radius 1 is 1.35 bits per heavy atom. The van der Waals surface area contributed by atoms with Crippen molar-refractivity contribution in [2.45, 2.75) is 45.1 Å². The highest BCUT2D eigenvalue weighted by atomic mass is 16.4. The molecule has 0 aliphatic carbocycles. The Morgan fingerprint density at radius 3 is 2.55 bits per heavy atom. The Morgan fingerprint density at radius 2 is 2.00 bits per heavy atom. The third-order valence-electron chi connectivity index (χ3n) is 3.05. The van der Waals surface area contributed by atoms with Gasteiger partial charge in [-0.25, -0.2) is 0 Å². The maximum atomic E-state index is 11.4. The Labute approximate surface area is 120 Å². The fourth-order valence-corrected chi connectivity index (χ4v) is 2.05. The van der Waals surface area contributed by atoms with Crippen LogP contribution in [0.1, 0.15) is 38.7 Å². The molecule has 0 amide bonds. The molecule has 3 heteroatoms. The Balaban J connectivity index is 2.73. The lowest BCUT2D eigenvalue weighted by atomic mass is 9.88. The zero-order valence-electron chi connectivity index (χ0n) is 12.1. The highest BCUT2D eigenvalue weighted by Gasteiger charge is 2.28. The highest BCUT2D eigenvalue weighted by molar-refractivity contribution is 5.70. The monoisotopic (exact) mass is 274 g/mol. The molecule has 3 nitrogen and oxygen atoms in total. The third kappa shape index (κ3) is 5.90. The second-order valence-corrected chi connectivity index (χ2v) is 5.25. The van der Waals surface area contributed by atoms with Crippen LogP contribution in [-0.4, -0.2) is 21.8 Å². The van der Waals surface area contributed by atoms with Crippen molar-refractivity contribution in [3.63, 3.8) is 0 Å². The van der Waals surface area contributed by atoms with Crippen molar-refractivity contribution < 1.29 is 15.0 Å². The molecule has 108 valence electrons. The number of aliphatic hydroxyl groups is 1. The Hall–Kier alpha value is -1.79. The predicted octanol–water partition coefficient (Wildman–Crippen LogP) is 2.87.